The van der Waals surface area contributed by atoms with Crippen molar-refractivity contribution in [2.45, 2.75) is 37.8 Å². The molecule has 0 aromatic rings. The Kier molecular flexibility index (Phi) is 5.03. The van der Waals surface area contributed by atoms with Crippen molar-refractivity contribution >= 4 is 0 Å². The maximum Gasteiger partial charge on any atom is 0.0697 e. The zero-order valence-electron chi connectivity index (χ0n) is 10.0. The maximum absolute atomic E-state index is 8.55. The first-order valence-corrected chi connectivity index (χ1v) is 6.58. The molecule has 0 amide bonds. The summed E-state index contributed by atoms with van der Waals surface area (Å²) in [5.41, 5.74) is 0. The van der Waals surface area contributed by atoms with Gasteiger partial charge in [-0.25, -0.2) is 0 Å². The van der Waals surface area contributed by atoms with Crippen LogP contribution in [0, 0.1) is 0 Å². The second kappa shape index (κ2) is 6.55. The molecular weight excluding hydrogens is 204 g/mol. The molecule has 2 N–H and O–H groups in total. The molecule has 0 spiro atoms. The van der Waals surface area contributed by atoms with Crippen molar-refractivity contribution in [1.82, 2.24) is 10.2 Å². The molecular formula is C12H24N2O2. The van der Waals surface area contributed by atoms with Crippen LogP contribution in [0.1, 0.15) is 25.7 Å². The monoisotopic (exact) mass is 228 g/mol. The van der Waals surface area contributed by atoms with Gasteiger partial charge in [0.25, 0.3) is 0 Å². The van der Waals surface area contributed by atoms with E-state index >= 15 is 0 Å². The standard InChI is InChI=1S/C12H24N2O2/c15-8-10-16-9-2-5-13-11-4-7-14-6-1-3-12(11)14/h11-13,15H,1-10H2. The van der Waals surface area contributed by atoms with Gasteiger partial charge in [0.05, 0.1) is 13.2 Å². The third-order valence-electron chi connectivity index (χ3n) is 3.71. The van der Waals surface area contributed by atoms with Gasteiger partial charge in [0, 0.05) is 25.2 Å². The van der Waals surface area contributed by atoms with Crippen molar-refractivity contribution in [2.75, 3.05) is 39.5 Å². The van der Waals surface area contributed by atoms with Gasteiger partial charge >= 0.3 is 0 Å². The summed E-state index contributed by atoms with van der Waals surface area (Å²) in [6.07, 6.45) is 5.10. The first-order chi connectivity index (χ1) is 7.92. The van der Waals surface area contributed by atoms with Crippen molar-refractivity contribution in [2.24, 2.45) is 0 Å². The molecule has 2 saturated heterocycles. The maximum atomic E-state index is 8.55. The summed E-state index contributed by atoms with van der Waals surface area (Å²) in [6.45, 7) is 4.99. The minimum atomic E-state index is 0.132. The normalized spacial score (nSPS) is 29.8. The molecule has 0 aliphatic carbocycles. The van der Waals surface area contributed by atoms with Crippen LogP contribution in [0.3, 0.4) is 0 Å². The van der Waals surface area contributed by atoms with E-state index in [9.17, 15) is 0 Å². The largest absolute Gasteiger partial charge is 0.394 e. The van der Waals surface area contributed by atoms with Crippen molar-refractivity contribution in [3.8, 4) is 0 Å². The summed E-state index contributed by atoms with van der Waals surface area (Å²) in [4.78, 5) is 2.62. The van der Waals surface area contributed by atoms with Crippen molar-refractivity contribution < 1.29 is 9.84 Å². The van der Waals surface area contributed by atoms with Gasteiger partial charge in [-0.2, -0.15) is 0 Å². The van der Waals surface area contributed by atoms with Crippen LogP contribution in [0.4, 0.5) is 0 Å². The van der Waals surface area contributed by atoms with Gasteiger partial charge in [-0.1, -0.05) is 0 Å². The Morgan fingerprint density at radius 1 is 1.25 bits per heavy atom. The average molecular weight is 228 g/mol. The predicted molar refractivity (Wildman–Crippen MR) is 63.5 cm³/mol. The van der Waals surface area contributed by atoms with E-state index in [2.05, 4.69) is 10.2 Å². The van der Waals surface area contributed by atoms with E-state index in [0.29, 0.717) is 12.6 Å². The second-order valence-corrected chi connectivity index (χ2v) is 4.78. The Morgan fingerprint density at radius 2 is 2.19 bits per heavy atom. The van der Waals surface area contributed by atoms with Crippen molar-refractivity contribution in [1.29, 1.82) is 0 Å². The third-order valence-corrected chi connectivity index (χ3v) is 3.71. The molecule has 0 radical (unpaired) electrons. The summed E-state index contributed by atoms with van der Waals surface area (Å²) in [6, 6.07) is 1.51. The predicted octanol–water partition coefficient (Wildman–Crippen LogP) is 0.212. The third kappa shape index (κ3) is 3.17. The summed E-state index contributed by atoms with van der Waals surface area (Å²) in [5, 5.41) is 12.2. The Bertz CT molecular complexity index is 201. The van der Waals surface area contributed by atoms with Gasteiger partial charge in [0.2, 0.25) is 0 Å². The fourth-order valence-electron chi connectivity index (χ4n) is 2.95. The number of fused-ring (bicyclic) bond motifs is 1. The van der Waals surface area contributed by atoms with Crippen LogP contribution in [0.5, 0.6) is 0 Å². The van der Waals surface area contributed by atoms with E-state index in [1.54, 1.807) is 0 Å². The lowest BCUT2D eigenvalue weighted by atomic mass is 10.1. The zero-order valence-corrected chi connectivity index (χ0v) is 10.0. The smallest absolute Gasteiger partial charge is 0.0697 e. The van der Waals surface area contributed by atoms with Gasteiger partial charge in [0.15, 0.2) is 0 Å². The van der Waals surface area contributed by atoms with E-state index in [1.165, 1.54) is 32.4 Å². The number of aliphatic hydroxyl groups is 1. The topological polar surface area (TPSA) is 44.7 Å². The number of nitrogens with one attached hydrogen (secondary N) is 1. The van der Waals surface area contributed by atoms with E-state index in [1.807, 2.05) is 0 Å². The summed E-state index contributed by atoms with van der Waals surface area (Å²) in [5.74, 6) is 0. The highest BCUT2D eigenvalue weighted by molar-refractivity contribution is 4.95. The van der Waals surface area contributed by atoms with E-state index in [-0.39, 0.29) is 6.61 Å². The Balaban J connectivity index is 1.53. The van der Waals surface area contributed by atoms with E-state index < -0.39 is 0 Å². The van der Waals surface area contributed by atoms with Gasteiger partial charge in [-0.3, -0.25) is 4.90 Å². The number of nitrogens with zero attached hydrogens (tertiary/aromatic N) is 1. The molecule has 16 heavy (non-hydrogen) atoms. The molecule has 4 heteroatoms. The molecule has 0 saturated carbocycles. The summed E-state index contributed by atoms with van der Waals surface area (Å²) in [7, 11) is 0. The van der Waals surface area contributed by atoms with Gasteiger partial charge in [-0.15, -0.1) is 0 Å². The summed E-state index contributed by atoms with van der Waals surface area (Å²) >= 11 is 0. The highest BCUT2D eigenvalue weighted by Gasteiger charge is 2.36. The lowest BCUT2D eigenvalue weighted by Crippen LogP contribution is -2.39. The summed E-state index contributed by atoms with van der Waals surface area (Å²) < 4.78 is 5.23. The quantitative estimate of drug-likeness (QED) is 0.612. The SMILES string of the molecule is OCCOCCCNC1CCN2CCCC12. The first kappa shape index (κ1) is 12.3. The molecule has 94 valence electrons. The van der Waals surface area contributed by atoms with Gasteiger partial charge < -0.3 is 15.2 Å². The fourth-order valence-corrected chi connectivity index (χ4v) is 2.95. The first-order valence-electron chi connectivity index (χ1n) is 6.58. The number of aliphatic hydroxyl groups excluding tert-OH is 1. The molecule has 2 atom stereocenters. The minimum Gasteiger partial charge on any atom is -0.394 e. The molecule has 0 aromatic carbocycles. The molecule has 2 unspecified atom stereocenters. The molecule has 2 fully saturated rings. The number of hydrogen-bond acceptors (Lipinski definition) is 4. The van der Waals surface area contributed by atoms with E-state index in [4.69, 9.17) is 9.84 Å². The van der Waals surface area contributed by atoms with Crippen LogP contribution in [-0.2, 0) is 4.74 Å². The Morgan fingerprint density at radius 3 is 3.06 bits per heavy atom. The Hall–Kier alpha value is -0.160. The molecule has 2 aliphatic heterocycles. The van der Waals surface area contributed by atoms with Crippen LogP contribution in [0.2, 0.25) is 0 Å². The van der Waals surface area contributed by atoms with Crippen LogP contribution in [0.15, 0.2) is 0 Å². The highest BCUT2D eigenvalue weighted by Crippen LogP contribution is 2.27. The van der Waals surface area contributed by atoms with Gasteiger partial charge in [0.1, 0.15) is 0 Å². The van der Waals surface area contributed by atoms with Crippen LogP contribution in [-0.4, -0.2) is 61.5 Å². The number of ether oxygens (including phenoxy) is 1. The average Bonchev–Trinajstić information content (AvgIpc) is 2.87. The van der Waals surface area contributed by atoms with Crippen molar-refractivity contribution in [3.05, 3.63) is 0 Å². The highest BCUT2D eigenvalue weighted by atomic mass is 16.5. The second-order valence-electron chi connectivity index (χ2n) is 4.78. The molecule has 0 aromatic heterocycles. The lowest BCUT2D eigenvalue weighted by Gasteiger charge is -2.21. The van der Waals surface area contributed by atoms with Crippen LogP contribution < -0.4 is 5.32 Å². The van der Waals surface area contributed by atoms with Crippen LogP contribution >= 0.6 is 0 Å². The van der Waals surface area contributed by atoms with Gasteiger partial charge in [-0.05, 0) is 38.8 Å². The molecule has 0 bridgehead atoms. The molecule has 2 aliphatic rings. The molecule has 2 rings (SSSR count). The fraction of sp³-hybridized carbons (Fsp3) is 1.00. The molecule has 4 nitrogen and oxygen atoms in total. The number of rotatable bonds is 7. The minimum absolute atomic E-state index is 0.132. The van der Waals surface area contributed by atoms with E-state index in [0.717, 1.165) is 25.6 Å². The zero-order chi connectivity index (χ0) is 11.2. The van der Waals surface area contributed by atoms with Crippen LogP contribution in [0.25, 0.3) is 0 Å². The number of hydrogen-bond donors (Lipinski definition) is 2. The van der Waals surface area contributed by atoms with Crippen molar-refractivity contribution in [3.63, 3.8) is 0 Å². The Labute approximate surface area is 98.0 Å². The molecule has 2 heterocycles. The lowest BCUT2D eigenvalue weighted by molar-refractivity contribution is 0.0902.